The van der Waals surface area contributed by atoms with Gasteiger partial charge in [-0.25, -0.2) is 0 Å². The summed E-state index contributed by atoms with van der Waals surface area (Å²) in [5, 5.41) is 1.91. The third-order valence-corrected chi connectivity index (χ3v) is 6.92. The van der Waals surface area contributed by atoms with E-state index in [9.17, 15) is 14.4 Å². The van der Waals surface area contributed by atoms with Crippen LogP contribution in [0.25, 0.3) is 0 Å². The van der Waals surface area contributed by atoms with Crippen LogP contribution in [0.5, 0.6) is 5.75 Å². The number of anilines is 1. The smallest absolute Gasteiger partial charge is 0.228 e. The Morgan fingerprint density at radius 1 is 1.22 bits per heavy atom. The number of thiophene rings is 1. The van der Waals surface area contributed by atoms with Gasteiger partial charge >= 0.3 is 0 Å². The number of Topliss-reactive ketones (excluding diaryl/α,β-unsaturated/α-hetero) is 2. The van der Waals surface area contributed by atoms with Gasteiger partial charge in [-0.05, 0) is 54.0 Å². The van der Waals surface area contributed by atoms with Crippen LogP contribution in [0.1, 0.15) is 61.4 Å². The van der Waals surface area contributed by atoms with E-state index >= 15 is 0 Å². The Labute approximate surface area is 193 Å². The quantitative estimate of drug-likeness (QED) is 0.365. The molecule has 168 valence electrons. The molecule has 1 aliphatic carbocycles. The monoisotopic (exact) mass is 451 g/mol. The van der Waals surface area contributed by atoms with Crippen LogP contribution in [0.2, 0.25) is 0 Å². The molecule has 1 atom stereocenters. The third-order valence-electron chi connectivity index (χ3n) is 6.00. The number of terminal acetylenes is 1. The highest BCUT2D eigenvalue weighted by Gasteiger charge is 2.35. The van der Waals surface area contributed by atoms with Crippen molar-refractivity contribution in [1.82, 2.24) is 0 Å². The Kier molecular flexibility index (Phi) is 8.24. The molecule has 5 nitrogen and oxygen atoms in total. The molecule has 2 aromatic rings. The van der Waals surface area contributed by atoms with Gasteiger partial charge in [0.05, 0.1) is 7.11 Å². The second-order valence-electron chi connectivity index (χ2n) is 8.22. The first-order valence-electron chi connectivity index (χ1n) is 11.0. The number of methoxy groups -OCH3 is 1. The number of carbonyl (C=O) groups is 3. The number of carbonyl (C=O) groups excluding carboxylic acids is 3. The zero-order chi connectivity index (χ0) is 23.1. The van der Waals surface area contributed by atoms with Gasteiger partial charge in [0.15, 0.2) is 5.78 Å². The Morgan fingerprint density at radius 3 is 2.56 bits per heavy atom. The number of amides is 1. The highest BCUT2D eigenvalue weighted by Crippen LogP contribution is 2.38. The predicted octanol–water partition coefficient (Wildman–Crippen LogP) is 5.27. The van der Waals surface area contributed by atoms with Crippen molar-refractivity contribution in [3.05, 3.63) is 46.2 Å². The summed E-state index contributed by atoms with van der Waals surface area (Å²) in [6.45, 7) is 1.89. The molecule has 1 unspecified atom stereocenters. The zero-order valence-electron chi connectivity index (χ0n) is 18.6. The zero-order valence-corrected chi connectivity index (χ0v) is 19.5. The topological polar surface area (TPSA) is 63.7 Å². The van der Waals surface area contributed by atoms with Crippen LogP contribution in [0.4, 0.5) is 5.69 Å². The Morgan fingerprint density at radius 2 is 1.97 bits per heavy atom. The molecule has 1 fully saturated rings. The van der Waals surface area contributed by atoms with E-state index in [1.54, 1.807) is 24.1 Å². The van der Waals surface area contributed by atoms with E-state index in [0.717, 1.165) is 36.1 Å². The lowest BCUT2D eigenvalue weighted by atomic mass is 9.94. The van der Waals surface area contributed by atoms with Gasteiger partial charge in [-0.1, -0.05) is 31.7 Å². The van der Waals surface area contributed by atoms with Gasteiger partial charge in [-0.15, -0.1) is 17.8 Å². The lowest BCUT2D eigenvalue weighted by Crippen LogP contribution is -2.40. The van der Waals surface area contributed by atoms with Crippen LogP contribution < -0.4 is 9.64 Å². The van der Waals surface area contributed by atoms with Crippen molar-refractivity contribution in [1.29, 1.82) is 0 Å². The molecular weight excluding hydrogens is 422 g/mol. The third kappa shape index (κ3) is 5.66. The molecule has 0 radical (unpaired) electrons. The summed E-state index contributed by atoms with van der Waals surface area (Å²) in [6, 6.07) is 8.49. The molecule has 3 rings (SSSR count). The van der Waals surface area contributed by atoms with Crippen molar-refractivity contribution >= 4 is 34.5 Å². The Hall–Kier alpha value is -2.91. The first kappa shape index (κ1) is 23.7. The largest absolute Gasteiger partial charge is 0.497 e. The summed E-state index contributed by atoms with van der Waals surface area (Å²) in [5.41, 5.74) is 1.46. The van der Waals surface area contributed by atoms with Gasteiger partial charge in [0.2, 0.25) is 11.7 Å². The fourth-order valence-corrected chi connectivity index (χ4v) is 5.18. The van der Waals surface area contributed by atoms with Crippen molar-refractivity contribution in [2.24, 2.45) is 5.92 Å². The number of ether oxygens (including phenoxy) is 1. The second kappa shape index (κ2) is 11.1. The van der Waals surface area contributed by atoms with Crippen molar-refractivity contribution in [2.45, 2.75) is 57.9 Å². The first-order chi connectivity index (χ1) is 15.4. The van der Waals surface area contributed by atoms with Gasteiger partial charge < -0.3 is 4.74 Å². The maximum atomic E-state index is 13.6. The molecule has 1 aliphatic rings. The van der Waals surface area contributed by atoms with Gasteiger partial charge in [-0.2, -0.15) is 0 Å². The van der Waals surface area contributed by atoms with Crippen LogP contribution in [0.3, 0.4) is 0 Å². The Bertz CT molecular complexity index is 999. The molecule has 1 aromatic carbocycles. The van der Waals surface area contributed by atoms with E-state index < -0.39 is 11.8 Å². The molecule has 1 saturated carbocycles. The average Bonchev–Trinajstić information content (AvgIpc) is 3.50. The van der Waals surface area contributed by atoms with Gasteiger partial charge in [0, 0.05) is 29.8 Å². The second-order valence-corrected chi connectivity index (χ2v) is 9.20. The summed E-state index contributed by atoms with van der Waals surface area (Å²) in [4.78, 5) is 41.2. The summed E-state index contributed by atoms with van der Waals surface area (Å²) >= 11 is 1.46. The summed E-state index contributed by atoms with van der Waals surface area (Å²) in [5.74, 6) is 2.42. The average molecular weight is 452 g/mol. The molecule has 0 saturated heterocycles. The first-order valence-corrected chi connectivity index (χ1v) is 11.8. The van der Waals surface area contributed by atoms with E-state index in [4.69, 9.17) is 11.2 Å². The maximum absolute atomic E-state index is 13.6. The molecule has 0 spiro atoms. The molecule has 1 aromatic heterocycles. The van der Waals surface area contributed by atoms with Crippen LogP contribution in [-0.2, 0) is 14.4 Å². The van der Waals surface area contributed by atoms with Crippen molar-refractivity contribution in [2.75, 3.05) is 12.0 Å². The van der Waals surface area contributed by atoms with Crippen LogP contribution in [0, 0.1) is 25.2 Å². The number of hydrogen-bond donors (Lipinski definition) is 0. The lowest BCUT2D eigenvalue weighted by Gasteiger charge is -2.32. The van der Waals surface area contributed by atoms with Gasteiger partial charge in [0.25, 0.3) is 0 Å². The minimum atomic E-state index is -0.726. The van der Waals surface area contributed by atoms with Crippen molar-refractivity contribution in [3.8, 4) is 18.1 Å². The van der Waals surface area contributed by atoms with Crippen LogP contribution in [-0.4, -0.2) is 24.6 Å². The van der Waals surface area contributed by atoms with Gasteiger partial charge in [-0.3, -0.25) is 19.3 Å². The SMILES string of the molecule is C#CC(=O)CCC(=O)N(c1ccc(OC)cc1C)C(C(=O)CC1CCCC1)c1cccs1. The van der Waals surface area contributed by atoms with Crippen molar-refractivity contribution < 1.29 is 19.1 Å². The number of hydrogen-bond acceptors (Lipinski definition) is 5. The number of benzene rings is 1. The number of rotatable bonds is 10. The minimum absolute atomic E-state index is 0.0335. The number of nitrogens with zero attached hydrogens (tertiary/aromatic N) is 1. The number of ketones is 2. The molecular formula is C26H29NO4S. The molecule has 6 heteroatoms. The normalized spacial score (nSPS) is 14.5. The number of aryl methyl sites for hydroxylation is 1. The van der Waals surface area contributed by atoms with E-state index in [-0.39, 0.29) is 24.5 Å². The fraction of sp³-hybridized carbons (Fsp3) is 0.423. The van der Waals surface area contributed by atoms with Crippen molar-refractivity contribution in [3.63, 3.8) is 0 Å². The predicted molar refractivity (Wildman–Crippen MR) is 127 cm³/mol. The highest BCUT2D eigenvalue weighted by atomic mass is 32.1. The molecule has 32 heavy (non-hydrogen) atoms. The fourth-order valence-electron chi connectivity index (χ4n) is 4.34. The van der Waals surface area contributed by atoms with E-state index in [2.05, 4.69) is 5.92 Å². The summed E-state index contributed by atoms with van der Waals surface area (Å²) in [6.07, 6.45) is 9.94. The van der Waals surface area contributed by atoms with Gasteiger partial charge in [0.1, 0.15) is 11.8 Å². The highest BCUT2D eigenvalue weighted by molar-refractivity contribution is 7.10. The van der Waals surface area contributed by atoms with Crippen LogP contribution in [0.15, 0.2) is 35.7 Å². The Balaban J connectivity index is 2.02. The molecule has 1 amide bonds. The van der Waals surface area contributed by atoms with E-state index in [0.29, 0.717) is 23.8 Å². The maximum Gasteiger partial charge on any atom is 0.228 e. The molecule has 1 heterocycles. The standard InChI is InChI=1S/C26H29NO4S/c1-4-20(28)11-14-25(30)27(22-13-12-21(31-3)16-18(22)2)26(24-10-7-15-32-24)23(29)17-19-8-5-6-9-19/h1,7,10,12-13,15-16,19,26H,5-6,8-9,11,14,17H2,2-3H3. The lowest BCUT2D eigenvalue weighted by molar-refractivity contribution is -0.126. The van der Waals surface area contributed by atoms with E-state index in [1.807, 2.05) is 30.5 Å². The molecule has 0 N–H and O–H groups in total. The minimum Gasteiger partial charge on any atom is -0.497 e. The summed E-state index contributed by atoms with van der Waals surface area (Å²) < 4.78 is 5.32. The molecule has 0 bridgehead atoms. The molecule has 0 aliphatic heterocycles. The van der Waals surface area contributed by atoms with Crippen LogP contribution >= 0.6 is 11.3 Å². The summed E-state index contributed by atoms with van der Waals surface area (Å²) in [7, 11) is 1.59. The van der Waals surface area contributed by atoms with E-state index in [1.165, 1.54) is 11.3 Å².